The number of hydrogen-bond donors (Lipinski definition) is 0. The Morgan fingerprint density at radius 1 is 0.857 bits per heavy atom. The molecule has 2 rings (SSSR count). The van der Waals surface area contributed by atoms with Gasteiger partial charge in [-0.1, -0.05) is 0 Å². The van der Waals surface area contributed by atoms with Gasteiger partial charge in [0, 0.05) is 0 Å². The molecule has 0 aromatic heterocycles. The molecule has 0 aliphatic rings. The molecule has 0 amide bonds. The Morgan fingerprint density at radius 2 is 1.52 bits per heavy atom. The summed E-state index contributed by atoms with van der Waals surface area (Å²) < 4.78 is 3.08. The van der Waals surface area contributed by atoms with Gasteiger partial charge in [-0.25, -0.2) is 0 Å². The predicted octanol–water partition coefficient (Wildman–Crippen LogP) is 5.03. The van der Waals surface area contributed by atoms with E-state index in [4.69, 9.17) is 0 Å². The SMILES string of the molecule is CCCCCC/C(=C\c1ccccc1)[Se]c1ccccc1. The minimum atomic E-state index is 0.448. The van der Waals surface area contributed by atoms with Crippen LogP contribution >= 0.6 is 0 Å². The fourth-order valence-electron chi connectivity index (χ4n) is 2.25. The predicted molar refractivity (Wildman–Crippen MR) is 95.0 cm³/mol. The van der Waals surface area contributed by atoms with Crippen molar-refractivity contribution in [1.82, 2.24) is 0 Å². The molecule has 2 aromatic rings. The van der Waals surface area contributed by atoms with Crippen LogP contribution in [0.4, 0.5) is 0 Å². The molecule has 0 bridgehead atoms. The Bertz CT molecular complexity index is 528. The van der Waals surface area contributed by atoms with Crippen molar-refractivity contribution >= 4 is 25.5 Å². The summed E-state index contributed by atoms with van der Waals surface area (Å²) in [4.78, 5) is 0. The number of hydrogen-bond acceptors (Lipinski definition) is 0. The summed E-state index contributed by atoms with van der Waals surface area (Å²) in [6, 6.07) is 21.6. The molecule has 1 heteroatoms. The molecule has 0 nitrogen and oxygen atoms in total. The summed E-state index contributed by atoms with van der Waals surface area (Å²) in [5, 5.41) is 0. The standard InChI is InChI=1S/C20H24Se/c1-2-3-4-9-16-20(17-18-12-7-5-8-13-18)21-19-14-10-6-11-15-19/h5-8,10-15,17H,2-4,9,16H2,1H3/b20-17+. The second kappa shape index (κ2) is 9.60. The third-order valence-electron chi connectivity index (χ3n) is 3.40. The molecule has 0 aliphatic heterocycles. The topological polar surface area (TPSA) is 0 Å². The van der Waals surface area contributed by atoms with Crippen LogP contribution < -0.4 is 4.46 Å². The van der Waals surface area contributed by atoms with E-state index < -0.39 is 0 Å². The number of unbranched alkanes of at least 4 members (excludes halogenated alkanes) is 3. The van der Waals surface area contributed by atoms with Crippen LogP contribution in [0.15, 0.2) is 65.1 Å². The van der Waals surface area contributed by atoms with E-state index in [1.54, 1.807) is 4.47 Å². The molecular weight excluding hydrogens is 319 g/mol. The van der Waals surface area contributed by atoms with Crippen LogP contribution in [0.1, 0.15) is 44.6 Å². The van der Waals surface area contributed by atoms with Crippen LogP contribution in [0.2, 0.25) is 0 Å². The van der Waals surface area contributed by atoms with E-state index in [0.29, 0.717) is 15.0 Å². The van der Waals surface area contributed by atoms with Gasteiger partial charge in [-0.3, -0.25) is 0 Å². The third-order valence-corrected chi connectivity index (χ3v) is 5.69. The van der Waals surface area contributed by atoms with Crippen LogP contribution in [0, 0.1) is 0 Å². The van der Waals surface area contributed by atoms with E-state index in [9.17, 15) is 0 Å². The van der Waals surface area contributed by atoms with Gasteiger partial charge in [0.15, 0.2) is 0 Å². The van der Waals surface area contributed by atoms with Crippen LogP contribution in [-0.2, 0) is 0 Å². The Kier molecular flexibility index (Phi) is 7.35. The van der Waals surface area contributed by atoms with Crippen molar-refractivity contribution in [2.45, 2.75) is 39.0 Å². The first-order valence-corrected chi connectivity index (χ1v) is 9.58. The molecule has 21 heavy (non-hydrogen) atoms. The number of benzene rings is 2. The zero-order valence-electron chi connectivity index (χ0n) is 12.8. The molecule has 0 saturated carbocycles. The van der Waals surface area contributed by atoms with Crippen LogP contribution in [0.25, 0.3) is 6.08 Å². The molecule has 0 spiro atoms. The molecule has 0 unspecified atom stereocenters. The minimum absolute atomic E-state index is 0.448. The van der Waals surface area contributed by atoms with Gasteiger partial charge in [0.25, 0.3) is 0 Å². The van der Waals surface area contributed by atoms with Gasteiger partial charge >= 0.3 is 135 Å². The van der Waals surface area contributed by atoms with Gasteiger partial charge in [0.2, 0.25) is 0 Å². The van der Waals surface area contributed by atoms with Crippen molar-refractivity contribution in [3.8, 4) is 0 Å². The van der Waals surface area contributed by atoms with Gasteiger partial charge in [-0.15, -0.1) is 0 Å². The maximum atomic E-state index is 2.40. The Labute approximate surface area is 135 Å². The summed E-state index contributed by atoms with van der Waals surface area (Å²) in [5.74, 6) is 0. The van der Waals surface area contributed by atoms with Crippen molar-refractivity contribution in [2.75, 3.05) is 0 Å². The average molecular weight is 343 g/mol. The fourth-order valence-corrected chi connectivity index (χ4v) is 4.43. The molecular formula is C20H24Se. The van der Waals surface area contributed by atoms with Crippen molar-refractivity contribution in [2.24, 2.45) is 0 Å². The number of allylic oxidation sites excluding steroid dienone is 1. The van der Waals surface area contributed by atoms with E-state index in [-0.39, 0.29) is 0 Å². The zero-order valence-corrected chi connectivity index (χ0v) is 14.5. The summed E-state index contributed by atoms with van der Waals surface area (Å²) in [6.07, 6.45) is 8.98. The normalized spacial score (nSPS) is 11.6. The first-order chi connectivity index (χ1) is 10.4. The van der Waals surface area contributed by atoms with E-state index in [0.717, 1.165) is 0 Å². The van der Waals surface area contributed by atoms with Gasteiger partial charge in [-0.05, 0) is 0 Å². The second-order valence-corrected chi connectivity index (χ2v) is 7.76. The van der Waals surface area contributed by atoms with Crippen LogP contribution in [-0.4, -0.2) is 15.0 Å². The van der Waals surface area contributed by atoms with Crippen molar-refractivity contribution in [1.29, 1.82) is 0 Å². The Hall–Kier alpha value is -1.30. The zero-order chi connectivity index (χ0) is 14.8. The summed E-state index contributed by atoms with van der Waals surface area (Å²) in [6.45, 7) is 2.27. The molecule has 0 radical (unpaired) electrons. The summed E-state index contributed by atoms with van der Waals surface area (Å²) >= 11 is 0.448. The summed E-state index contributed by atoms with van der Waals surface area (Å²) in [7, 11) is 0. The monoisotopic (exact) mass is 344 g/mol. The van der Waals surface area contributed by atoms with Crippen molar-refractivity contribution in [3.63, 3.8) is 0 Å². The van der Waals surface area contributed by atoms with Crippen LogP contribution in [0.5, 0.6) is 0 Å². The molecule has 0 aliphatic carbocycles. The quantitative estimate of drug-likeness (QED) is 0.466. The van der Waals surface area contributed by atoms with E-state index in [1.165, 1.54) is 42.1 Å². The first kappa shape index (κ1) is 16.1. The van der Waals surface area contributed by atoms with Gasteiger partial charge in [0.05, 0.1) is 0 Å². The molecule has 0 N–H and O–H groups in total. The number of rotatable bonds is 8. The molecule has 0 fully saturated rings. The van der Waals surface area contributed by atoms with Gasteiger partial charge < -0.3 is 0 Å². The van der Waals surface area contributed by atoms with E-state index >= 15 is 0 Å². The van der Waals surface area contributed by atoms with E-state index in [2.05, 4.69) is 73.7 Å². The van der Waals surface area contributed by atoms with E-state index in [1.807, 2.05) is 0 Å². The summed E-state index contributed by atoms with van der Waals surface area (Å²) in [5.41, 5.74) is 1.33. The average Bonchev–Trinajstić information content (AvgIpc) is 2.53. The Morgan fingerprint density at radius 3 is 2.19 bits per heavy atom. The fraction of sp³-hybridized carbons (Fsp3) is 0.300. The second-order valence-electron chi connectivity index (χ2n) is 5.25. The van der Waals surface area contributed by atoms with Crippen molar-refractivity contribution < 1.29 is 0 Å². The molecule has 0 heterocycles. The van der Waals surface area contributed by atoms with Gasteiger partial charge in [-0.2, -0.15) is 0 Å². The first-order valence-electron chi connectivity index (χ1n) is 7.87. The van der Waals surface area contributed by atoms with Gasteiger partial charge in [0.1, 0.15) is 0 Å². The molecule has 2 aromatic carbocycles. The molecule has 0 atom stereocenters. The maximum absolute atomic E-state index is 2.40. The third kappa shape index (κ3) is 6.33. The molecule has 0 saturated heterocycles. The van der Waals surface area contributed by atoms with Crippen molar-refractivity contribution in [3.05, 3.63) is 70.7 Å². The Balaban J connectivity index is 2.04. The van der Waals surface area contributed by atoms with Crippen LogP contribution in [0.3, 0.4) is 0 Å². The molecule has 110 valence electrons.